The zero-order chi connectivity index (χ0) is 14.3. The van der Waals surface area contributed by atoms with E-state index >= 15 is 0 Å². The Hall–Kier alpha value is -1.16. The minimum absolute atomic E-state index is 0.902. The first-order chi connectivity index (χ1) is 9.15. The van der Waals surface area contributed by atoms with Crippen molar-refractivity contribution >= 4 is 5.82 Å². The van der Waals surface area contributed by atoms with E-state index in [1.54, 1.807) is 0 Å². The topological polar surface area (TPSA) is 41.1 Å². The van der Waals surface area contributed by atoms with E-state index < -0.39 is 0 Å². The first kappa shape index (κ1) is 15.9. The summed E-state index contributed by atoms with van der Waals surface area (Å²) in [7, 11) is 0. The highest BCUT2D eigenvalue weighted by Crippen LogP contribution is 2.17. The lowest BCUT2D eigenvalue weighted by molar-refractivity contribution is 0.305. The lowest BCUT2D eigenvalue weighted by Gasteiger charge is -2.18. The number of hydrogen-bond donors (Lipinski definition) is 1. The molecule has 0 unspecified atom stereocenters. The van der Waals surface area contributed by atoms with Gasteiger partial charge in [-0.05, 0) is 33.4 Å². The average Bonchev–Trinajstić information content (AvgIpc) is 2.40. The molecule has 0 bridgehead atoms. The van der Waals surface area contributed by atoms with E-state index in [0.717, 1.165) is 56.4 Å². The Morgan fingerprint density at radius 1 is 1.05 bits per heavy atom. The minimum Gasteiger partial charge on any atom is -0.370 e. The Morgan fingerprint density at radius 3 is 2.26 bits per heavy atom. The van der Waals surface area contributed by atoms with Crippen LogP contribution in [0.5, 0.6) is 0 Å². The summed E-state index contributed by atoms with van der Waals surface area (Å²) in [4.78, 5) is 11.7. The van der Waals surface area contributed by atoms with Crippen molar-refractivity contribution in [3.05, 3.63) is 17.1 Å². The summed E-state index contributed by atoms with van der Waals surface area (Å²) in [6.07, 6.45) is 1.90. The number of nitrogens with zero attached hydrogens (tertiary/aromatic N) is 3. The summed E-state index contributed by atoms with van der Waals surface area (Å²) >= 11 is 0. The molecule has 1 aromatic heterocycles. The summed E-state index contributed by atoms with van der Waals surface area (Å²) in [6.45, 7) is 14.8. The molecule has 0 saturated carbocycles. The molecule has 0 aliphatic carbocycles. The Kier molecular flexibility index (Phi) is 6.78. The van der Waals surface area contributed by atoms with Crippen LogP contribution in [0.3, 0.4) is 0 Å². The lowest BCUT2D eigenvalue weighted by Crippen LogP contribution is -2.26. The Labute approximate surface area is 117 Å². The van der Waals surface area contributed by atoms with E-state index in [-0.39, 0.29) is 0 Å². The van der Waals surface area contributed by atoms with Gasteiger partial charge in [0, 0.05) is 30.8 Å². The third-order valence-electron chi connectivity index (χ3n) is 3.50. The summed E-state index contributed by atoms with van der Waals surface area (Å²) < 4.78 is 0. The van der Waals surface area contributed by atoms with E-state index in [1.807, 2.05) is 0 Å². The smallest absolute Gasteiger partial charge is 0.133 e. The van der Waals surface area contributed by atoms with Gasteiger partial charge < -0.3 is 10.2 Å². The predicted octanol–water partition coefficient (Wildman–Crippen LogP) is 2.66. The Bertz CT molecular complexity index is 386. The summed E-state index contributed by atoms with van der Waals surface area (Å²) in [5.41, 5.74) is 2.36. The zero-order valence-electron chi connectivity index (χ0n) is 13.1. The van der Waals surface area contributed by atoms with E-state index in [9.17, 15) is 0 Å². The van der Waals surface area contributed by atoms with Gasteiger partial charge in [-0.1, -0.05) is 20.8 Å². The van der Waals surface area contributed by atoms with Crippen LogP contribution in [0.4, 0.5) is 5.82 Å². The van der Waals surface area contributed by atoms with Gasteiger partial charge in [0.25, 0.3) is 0 Å². The predicted molar refractivity (Wildman–Crippen MR) is 81.8 cm³/mol. The second-order valence-corrected chi connectivity index (χ2v) is 4.71. The second kappa shape index (κ2) is 8.10. The molecule has 19 heavy (non-hydrogen) atoms. The molecule has 0 fully saturated rings. The van der Waals surface area contributed by atoms with Crippen molar-refractivity contribution in [2.45, 2.75) is 47.5 Å². The lowest BCUT2D eigenvalue weighted by atomic mass is 10.1. The third-order valence-corrected chi connectivity index (χ3v) is 3.50. The fraction of sp³-hybridized carbons (Fsp3) is 0.733. The van der Waals surface area contributed by atoms with E-state index in [1.165, 1.54) is 5.56 Å². The zero-order valence-corrected chi connectivity index (χ0v) is 13.1. The molecule has 1 aromatic rings. The largest absolute Gasteiger partial charge is 0.370 e. The highest BCUT2D eigenvalue weighted by Gasteiger charge is 2.10. The number of hydrogen-bond acceptors (Lipinski definition) is 4. The van der Waals surface area contributed by atoms with Gasteiger partial charge in [0.1, 0.15) is 11.6 Å². The van der Waals surface area contributed by atoms with Crippen LogP contribution in [0.1, 0.15) is 44.8 Å². The molecule has 1 rings (SSSR count). The Balaban J connectivity index is 2.84. The number of rotatable bonds is 8. The molecule has 4 nitrogen and oxygen atoms in total. The molecule has 108 valence electrons. The van der Waals surface area contributed by atoms with Gasteiger partial charge >= 0.3 is 0 Å². The summed E-state index contributed by atoms with van der Waals surface area (Å²) in [5, 5.41) is 3.36. The van der Waals surface area contributed by atoms with Crippen molar-refractivity contribution in [1.82, 2.24) is 14.9 Å². The van der Waals surface area contributed by atoms with Gasteiger partial charge in [0.15, 0.2) is 0 Å². The van der Waals surface area contributed by atoms with Crippen LogP contribution < -0.4 is 5.32 Å². The number of likely N-dealkylation sites (N-methyl/N-ethyl adjacent to an activating group) is 1. The van der Waals surface area contributed by atoms with E-state index in [0.29, 0.717) is 0 Å². The molecule has 0 radical (unpaired) electrons. The molecule has 0 spiro atoms. The van der Waals surface area contributed by atoms with Crippen LogP contribution in [0.2, 0.25) is 0 Å². The van der Waals surface area contributed by atoms with E-state index in [4.69, 9.17) is 0 Å². The average molecular weight is 264 g/mol. The van der Waals surface area contributed by atoms with Crippen LogP contribution in [0, 0.1) is 6.92 Å². The molecule has 0 atom stereocenters. The van der Waals surface area contributed by atoms with Crippen LogP contribution in [-0.4, -0.2) is 41.0 Å². The van der Waals surface area contributed by atoms with Gasteiger partial charge in [0.05, 0.1) is 0 Å². The van der Waals surface area contributed by atoms with Gasteiger partial charge in [-0.25, -0.2) is 9.97 Å². The van der Waals surface area contributed by atoms with Crippen molar-refractivity contribution < 1.29 is 0 Å². The normalized spacial score (nSPS) is 11.1. The van der Waals surface area contributed by atoms with Crippen LogP contribution in [0.25, 0.3) is 0 Å². The first-order valence-corrected chi connectivity index (χ1v) is 7.48. The maximum absolute atomic E-state index is 4.69. The SMILES string of the molecule is CCNc1nc(CCN(CC)CC)nc(C)c1CC. The second-order valence-electron chi connectivity index (χ2n) is 4.71. The highest BCUT2D eigenvalue weighted by molar-refractivity contribution is 5.46. The molecule has 0 aromatic carbocycles. The van der Waals surface area contributed by atoms with Crippen LogP contribution >= 0.6 is 0 Å². The third kappa shape index (κ3) is 4.46. The molecule has 1 heterocycles. The number of aromatic nitrogens is 2. The van der Waals surface area contributed by atoms with Crippen molar-refractivity contribution in [1.29, 1.82) is 0 Å². The number of aryl methyl sites for hydroxylation is 1. The summed E-state index contributed by atoms with van der Waals surface area (Å²) in [6, 6.07) is 0. The number of nitrogens with one attached hydrogen (secondary N) is 1. The van der Waals surface area contributed by atoms with Gasteiger partial charge in [-0.3, -0.25) is 0 Å². The number of anilines is 1. The van der Waals surface area contributed by atoms with E-state index in [2.05, 4.69) is 54.8 Å². The molecular formula is C15H28N4. The molecular weight excluding hydrogens is 236 g/mol. The Morgan fingerprint density at radius 2 is 1.74 bits per heavy atom. The highest BCUT2D eigenvalue weighted by atomic mass is 15.1. The fourth-order valence-electron chi connectivity index (χ4n) is 2.30. The maximum Gasteiger partial charge on any atom is 0.133 e. The van der Waals surface area contributed by atoms with Gasteiger partial charge in [-0.2, -0.15) is 0 Å². The van der Waals surface area contributed by atoms with Crippen molar-refractivity contribution in [2.75, 3.05) is 31.5 Å². The maximum atomic E-state index is 4.69. The molecule has 0 amide bonds. The minimum atomic E-state index is 0.902. The van der Waals surface area contributed by atoms with Crippen LogP contribution in [0.15, 0.2) is 0 Å². The van der Waals surface area contributed by atoms with Crippen molar-refractivity contribution in [2.24, 2.45) is 0 Å². The standard InChI is InChI=1S/C15H28N4/c1-6-13-12(5)17-14(18-15(13)16-7-2)10-11-19(8-3)9-4/h6-11H2,1-5H3,(H,16,17,18). The quantitative estimate of drug-likeness (QED) is 0.784. The molecule has 0 saturated heterocycles. The van der Waals surface area contributed by atoms with Crippen LogP contribution in [-0.2, 0) is 12.8 Å². The monoisotopic (exact) mass is 264 g/mol. The summed E-state index contributed by atoms with van der Waals surface area (Å²) in [5.74, 6) is 1.98. The van der Waals surface area contributed by atoms with Crippen molar-refractivity contribution in [3.63, 3.8) is 0 Å². The molecule has 1 N–H and O–H groups in total. The van der Waals surface area contributed by atoms with Gasteiger partial charge in [0.2, 0.25) is 0 Å². The van der Waals surface area contributed by atoms with Crippen molar-refractivity contribution in [3.8, 4) is 0 Å². The molecule has 0 aliphatic heterocycles. The first-order valence-electron chi connectivity index (χ1n) is 7.48. The molecule has 4 heteroatoms. The van der Waals surface area contributed by atoms with Gasteiger partial charge in [-0.15, -0.1) is 0 Å². The fourth-order valence-corrected chi connectivity index (χ4v) is 2.30. The molecule has 0 aliphatic rings.